The number of urea groups is 1. The molecule has 2 amide bonds. The Morgan fingerprint density at radius 3 is 2.67 bits per heavy atom. The maximum Gasteiger partial charge on any atom is 0.322 e. The number of fused-ring (bicyclic) bond motifs is 3. The molecular formula is C18H15F2N3O. The molecule has 0 unspecified atom stereocenters. The number of halogens is 2. The fourth-order valence-corrected chi connectivity index (χ4v) is 3.19. The molecule has 24 heavy (non-hydrogen) atoms. The van der Waals surface area contributed by atoms with E-state index in [9.17, 15) is 13.6 Å². The van der Waals surface area contributed by atoms with Crippen LogP contribution in [0.2, 0.25) is 0 Å². The number of nitrogens with one attached hydrogen (secondary N) is 2. The lowest BCUT2D eigenvalue weighted by molar-refractivity contribution is 0.206. The van der Waals surface area contributed by atoms with Crippen LogP contribution in [0.3, 0.4) is 0 Å². The molecule has 0 saturated carbocycles. The van der Waals surface area contributed by atoms with Gasteiger partial charge in [-0.2, -0.15) is 0 Å². The number of hydrogen-bond acceptors (Lipinski definition) is 1. The van der Waals surface area contributed by atoms with E-state index in [-0.39, 0.29) is 11.7 Å². The normalized spacial score (nSPS) is 13.8. The Labute approximate surface area is 137 Å². The zero-order valence-corrected chi connectivity index (χ0v) is 12.8. The third kappa shape index (κ3) is 2.60. The van der Waals surface area contributed by atoms with E-state index in [0.29, 0.717) is 13.1 Å². The topological polar surface area (TPSA) is 48.1 Å². The molecule has 0 saturated heterocycles. The summed E-state index contributed by atoms with van der Waals surface area (Å²) in [6.07, 6.45) is 0.740. The van der Waals surface area contributed by atoms with Crippen molar-refractivity contribution in [3.05, 3.63) is 65.4 Å². The van der Waals surface area contributed by atoms with Gasteiger partial charge in [0.1, 0.15) is 11.6 Å². The molecule has 0 fully saturated rings. The molecule has 1 aromatic heterocycles. The molecule has 3 aromatic rings. The first-order chi connectivity index (χ1) is 11.6. The first kappa shape index (κ1) is 14.7. The van der Waals surface area contributed by atoms with Crippen LogP contribution in [0.1, 0.15) is 11.3 Å². The van der Waals surface area contributed by atoms with Crippen molar-refractivity contribution in [3.8, 4) is 0 Å². The molecule has 0 radical (unpaired) electrons. The molecule has 2 N–H and O–H groups in total. The summed E-state index contributed by atoms with van der Waals surface area (Å²) in [6, 6.07) is 10.6. The number of H-pyrrole nitrogens is 1. The zero-order chi connectivity index (χ0) is 16.7. The van der Waals surface area contributed by atoms with Gasteiger partial charge in [0.05, 0.1) is 6.54 Å². The number of rotatable bonds is 1. The second-order valence-corrected chi connectivity index (χ2v) is 5.89. The van der Waals surface area contributed by atoms with Gasteiger partial charge >= 0.3 is 6.03 Å². The summed E-state index contributed by atoms with van der Waals surface area (Å²) in [5, 5.41) is 3.73. The van der Waals surface area contributed by atoms with Gasteiger partial charge in [0, 0.05) is 34.9 Å². The summed E-state index contributed by atoms with van der Waals surface area (Å²) in [6.45, 7) is 0.992. The summed E-state index contributed by atoms with van der Waals surface area (Å²) in [5.41, 5.74) is 3.39. The maximum absolute atomic E-state index is 13.2. The van der Waals surface area contributed by atoms with Crippen molar-refractivity contribution < 1.29 is 13.6 Å². The van der Waals surface area contributed by atoms with Gasteiger partial charge in [0.25, 0.3) is 0 Å². The molecule has 0 bridgehead atoms. The molecule has 0 atom stereocenters. The van der Waals surface area contributed by atoms with Crippen LogP contribution in [0.5, 0.6) is 0 Å². The molecule has 0 spiro atoms. The Hall–Kier alpha value is -2.89. The lowest BCUT2D eigenvalue weighted by Gasteiger charge is -2.27. The molecule has 2 heterocycles. The highest BCUT2D eigenvalue weighted by Gasteiger charge is 2.24. The number of para-hydroxylation sites is 1. The number of amides is 2. The van der Waals surface area contributed by atoms with Crippen LogP contribution in [0.15, 0.2) is 42.5 Å². The SMILES string of the molecule is O=C(Nc1cc(F)cc(F)c1)N1CCc2c([nH]c3ccccc23)C1. The van der Waals surface area contributed by atoms with Crippen molar-refractivity contribution in [2.45, 2.75) is 13.0 Å². The molecule has 0 aliphatic carbocycles. The number of anilines is 1. The van der Waals surface area contributed by atoms with Crippen molar-refractivity contribution in [1.29, 1.82) is 0 Å². The first-order valence-corrected chi connectivity index (χ1v) is 7.70. The van der Waals surface area contributed by atoms with Gasteiger partial charge in [-0.25, -0.2) is 13.6 Å². The van der Waals surface area contributed by atoms with Crippen molar-refractivity contribution in [3.63, 3.8) is 0 Å². The summed E-state index contributed by atoms with van der Waals surface area (Å²) in [5.74, 6) is -1.44. The van der Waals surface area contributed by atoms with Gasteiger partial charge in [0.15, 0.2) is 0 Å². The third-order valence-corrected chi connectivity index (χ3v) is 4.28. The number of nitrogens with zero attached hydrogens (tertiary/aromatic N) is 1. The fourth-order valence-electron chi connectivity index (χ4n) is 3.19. The highest BCUT2D eigenvalue weighted by atomic mass is 19.1. The fraction of sp³-hybridized carbons (Fsp3) is 0.167. The number of hydrogen-bond donors (Lipinski definition) is 2. The molecule has 6 heteroatoms. The van der Waals surface area contributed by atoms with Crippen LogP contribution in [-0.4, -0.2) is 22.5 Å². The Balaban J connectivity index is 1.54. The zero-order valence-electron chi connectivity index (χ0n) is 12.8. The molecule has 4 rings (SSSR count). The van der Waals surface area contributed by atoms with E-state index in [4.69, 9.17) is 0 Å². The van der Waals surface area contributed by atoms with Crippen LogP contribution < -0.4 is 5.32 Å². The minimum absolute atomic E-state index is 0.111. The minimum atomic E-state index is -0.721. The standard InChI is InChI=1S/C18H15F2N3O/c19-11-7-12(20)9-13(8-11)21-18(24)23-6-5-15-14-3-1-2-4-16(14)22-17(15)10-23/h1-4,7-9,22H,5-6,10H2,(H,21,24). The largest absolute Gasteiger partial charge is 0.357 e. The van der Waals surface area contributed by atoms with E-state index in [1.165, 1.54) is 10.9 Å². The van der Waals surface area contributed by atoms with Gasteiger partial charge in [-0.15, -0.1) is 0 Å². The highest BCUT2D eigenvalue weighted by Crippen LogP contribution is 2.27. The van der Waals surface area contributed by atoms with Crippen molar-refractivity contribution in [1.82, 2.24) is 9.88 Å². The minimum Gasteiger partial charge on any atom is -0.357 e. The van der Waals surface area contributed by atoms with Crippen LogP contribution in [0, 0.1) is 11.6 Å². The van der Waals surface area contributed by atoms with Crippen LogP contribution in [0.4, 0.5) is 19.3 Å². The predicted molar refractivity (Wildman–Crippen MR) is 87.8 cm³/mol. The second kappa shape index (κ2) is 5.63. The molecule has 1 aliphatic heterocycles. The van der Waals surface area contributed by atoms with Gasteiger partial charge < -0.3 is 15.2 Å². The molecule has 1 aliphatic rings. The summed E-state index contributed by atoms with van der Waals surface area (Å²) in [7, 11) is 0. The Morgan fingerprint density at radius 2 is 1.88 bits per heavy atom. The predicted octanol–water partition coefficient (Wildman–Crippen LogP) is 4.04. The number of carbonyl (C=O) groups excluding carboxylic acids is 1. The summed E-state index contributed by atoms with van der Waals surface area (Å²) in [4.78, 5) is 17.3. The van der Waals surface area contributed by atoms with E-state index in [2.05, 4.69) is 16.4 Å². The van der Waals surface area contributed by atoms with E-state index in [1.807, 2.05) is 18.2 Å². The van der Waals surface area contributed by atoms with Crippen LogP contribution in [-0.2, 0) is 13.0 Å². The highest BCUT2D eigenvalue weighted by molar-refractivity contribution is 5.90. The molecule has 2 aromatic carbocycles. The number of carbonyl (C=O) groups is 1. The molecule has 4 nitrogen and oxygen atoms in total. The van der Waals surface area contributed by atoms with Crippen molar-refractivity contribution in [2.24, 2.45) is 0 Å². The van der Waals surface area contributed by atoms with E-state index < -0.39 is 11.6 Å². The number of benzene rings is 2. The summed E-state index contributed by atoms with van der Waals surface area (Å²) >= 11 is 0. The van der Waals surface area contributed by atoms with Crippen LogP contribution in [0.25, 0.3) is 10.9 Å². The van der Waals surface area contributed by atoms with Gasteiger partial charge in [-0.3, -0.25) is 0 Å². The van der Waals surface area contributed by atoms with Crippen molar-refractivity contribution >= 4 is 22.6 Å². The number of aromatic nitrogens is 1. The van der Waals surface area contributed by atoms with Crippen molar-refractivity contribution in [2.75, 3.05) is 11.9 Å². The summed E-state index contributed by atoms with van der Waals surface area (Å²) < 4.78 is 26.5. The quantitative estimate of drug-likeness (QED) is 0.696. The Kier molecular flexibility index (Phi) is 3.45. The average Bonchev–Trinajstić information content (AvgIpc) is 2.91. The Bertz CT molecular complexity index is 915. The monoisotopic (exact) mass is 327 g/mol. The van der Waals surface area contributed by atoms with E-state index >= 15 is 0 Å². The lowest BCUT2D eigenvalue weighted by atomic mass is 10.0. The Morgan fingerprint density at radius 1 is 1.12 bits per heavy atom. The van der Waals surface area contributed by atoms with Crippen LogP contribution >= 0.6 is 0 Å². The van der Waals surface area contributed by atoms with E-state index in [0.717, 1.165) is 35.8 Å². The molecule has 122 valence electrons. The van der Waals surface area contributed by atoms with Gasteiger partial charge in [-0.1, -0.05) is 18.2 Å². The maximum atomic E-state index is 13.2. The second-order valence-electron chi connectivity index (χ2n) is 5.89. The van der Waals surface area contributed by atoms with Gasteiger partial charge in [-0.05, 0) is 30.2 Å². The average molecular weight is 327 g/mol. The first-order valence-electron chi connectivity index (χ1n) is 7.70. The third-order valence-electron chi connectivity index (χ3n) is 4.28. The molecular weight excluding hydrogens is 312 g/mol. The lowest BCUT2D eigenvalue weighted by Crippen LogP contribution is -2.38. The van der Waals surface area contributed by atoms with E-state index in [1.54, 1.807) is 4.90 Å². The smallest absolute Gasteiger partial charge is 0.322 e. The van der Waals surface area contributed by atoms with Gasteiger partial charge in [0.2, 0.25) is 0 Å². The number of aromatic amines is 1.